The van der Waals surface area contributed by atoms with E-state index in [1.165, 1.54) is 25.5 Å². The molecule has 2 aromatic carbocycles. The molecule has 2 nitrogen and oxygen atoms in total. The van der Waals surface area contributed by atoms with E-state index in [0.717, 1.165) is 17.5 Å². The molecule has 0 aliphatic heterocycles. The second-order valence-electron chi connectivity index (χ2n) is 8.64. The van der Waals surface area contributed by atoms with Crippen LogP contribution in [0.15, 0.2) is 41.9 Å². The summed E-state index contributed by atoms with van der Waals surface area (Å²) in [6, 6.07) is 13.4. The number of rotatable bonds is 3. The van der Waals surface area contributed by atoms with Crippen LogP contribution in [0.1, 0.15) is 50.8 Å². The Morgan fingerprint density at radius 1 is 0.846 bits per heavy atom. The average molecular weight is 381 g/mol. The molecule has 4 aromatic rings. The first-order valence-electron chi connectivity index (χ1n) is 8.96. The first-order valence-corrected chi connectivity index (χ1v) is 10.7. The molecule has 0 fully saturated rings. The Hall–Kier alpha value is -1.78. The summed E-state index contributed by atoms with van der Waals surface area (Å²) in [5, 5.41) is 1.21. The van der Waals surface area contributed by atoms with Crippen molar-refractivity contribution in [2.45, 2.75) is 51.9 Å². The summed E-state index contributed by atoms with van der Waals surface area (Å²) in [5.41, 5.74) is 7.03. The molecule has 0 radical (unpaired) electrons. The van der Waals surface area contributed by atoms with Gasteiger partial charge in [-0.2, -0.15) is 0 Å². The zero-order valence-corrected chi connectivity index (χ0v) is 17.6. The highest BCUT2D eigenvalue weighted by Crippen LogP contribution is 2.34. The van der Waals surface area contributed by atoms with E-state index in [0.29, 0.717) is 0 Å². The van der Waals surface area contributed by atoms with Crippen molar-refractivity contribution >= 4 is 43.1 Å². The van der Waals surface area contributed by atoms with Crippen molar-refractivity contribution in [2.24, 2.45) is 0 Å². The normalized spacial score (nSPS) is 13.0. The predicted octanol–water partition coefficient (Wildman–Crippen LogP) is 6.72. The lowest BCUT2D eigenvalue weighted by Gasteiger charge is -2.24. The molecule has 134 valence electrons. The van der Waals surface area contributed by atoms with Gasteiger partial charge >= 0.3 is 0 Å². The maximum absolute atomic E-state index is 4.96. The number of fused-ring (bicyclic) bond motifs is 2. The van der Waals surface area contributed by atoms with Crippen molar-refractivity contribution in [3.63, 3.8) is 0 Å². The number of aromatic nitrogens is 2. The zero-order valence-electron chi connectivity index (χ0n) is 16.0. The van der Waals surface area contributed by atoms with Crippen LogP contribution in [-0.4, -0.2) is 9.97 Å². The predicted molar refractivity (Wildman–Crippen MR) is 115 cm³/mol. The standard InChI is InChI=1S/C22H24N2S2/c1-21(2,3)14-7-9-18-17(10-14)24-20(26-18)12-22(4,5)15-6-8-16-19(11-15)25-13-23-16/h6-11,13H,12H2,1-5H3. The van der Waals surface area contributed by atoms with Crippen LogP contribution in [0.4, 0.5) is 0 Å². The quantitative estimate of drug-likeness (QED) is 0.394. The van der Waals surface area contributed by atoms with Crippen LogP contribution in [0.5, 0.6) is 0 Å². The van der Waals surface area contributed by atoms with Gasteiger partial charge in [-0.25, -0.2) is 9.97 Å². The summed E-state index contributed by atoms with van der Waals surface area (Å²) >= 11 is 3.53. The van der Waals surface area contributed by atoms with Gasteiger partial charge < -0.3 is 0 Å². The maximum atomic E-state index is 4.96. The van der Waals surface area contributed by atoms with Crippen LogP contribution in [0, 0.1) is 0 Å². The Morgan fingerprint density at radius 3 is 2.38 bits per heavy atom. The van der Waals surface area contributed by atoms with Gasteiger partial charge in [-0.1, -0.05) is 46.8 Å². The van der Waals surface area contributed by atoms with Crippen LogP contribution in [0.2, 0.25) is 0 Å². The summed E-state index contributed by atoms with van der Waals surface area (Å²) in [7, 11) is 0. The number of hydrogen-bond acceptors (Lipinski definition) is 4. The SMILES string of the molecule is CC(C)(C)c1ccc2sc(CC(C)(C)c3ccc4ncsc4c3)nc2c1. The minimum Gasteiger partial charge on any atom is -0.245 e. The molecule has 2 heterocycles. The lowest BCUT2D eigenvalue weighted by atomic mass is 9.82. The number of nitrogens with zero attached hydrogens (tertiary/aromatic N) is 2. The van der Waals surface area contributed by atoms with Gasteiger partial charge in [0.25, 0.3) is 0 Å². The summed E-state index contributed by atoms with van der Waals surface area (Å²) in [6.45, 7) is 11.4. The van der Waals surface area contributed by atoms with Gasteiger partial charge in [0.15, 0.2) is 0 Å². The first-order chi connectivity index (χ1) is 12.2. The molecule has 0 atom stereocenters. The Labute approximate surface area is 162 Å². The first kappa shape index (κ1) is 17.6. The van der Waals surface area contributed by atoms with Gasteiger partial charge in [0.05, 0.1) is 31.0 Å². The lowest BCUT2D eigenvalue weighted by Crippen LogP contribution is -2.20. The van der Waals surface area contributed by atoms with Crippen molar-refractivity contribution in [2.75, 3.05) is 0 Å². The van der Waals surface area contributed by atoms with E-state index < -0.39 is 0 Å². The molecule has 0 aliphatic carbocycles. The highest BCUT2D eigenvalue weighted by atomic mass is 32.1. The summed E-state index contributed by atoms with van der Waals surface area (Å²) in [5.74, 6) is 0. The van der Waals surface area contributed by atoms with Crippen LogP contribution in [0.25, 0.3) is 20.4 Å². The topological polar surface area (TPSA) is 25.8 Å². The molecule has 0 bridgehead atoms. The van der Waals surface area contributed by atoms with E-state index in [1.54, 1.807) is 11.3 Å². The minimum absolute atomic E-state index is 0.0406. The van der Waals surface area contributed by atoms with Gasteiger partial charge in [-0.3, -0.25) is 0 Å². The van der Waals surface area contributed by atoms with Gasteiger partial charge in [-0.05, 0) is 46.2 Å². The third kappa shape index (κ3) is 3.28. The fraction of sp³-hybridized carbons (Fsp3) is 0.364. The Balaban J connectivity index is 1.66. The van der Waals surface area contributed by atoms with E-state index in [2.05, 4.69) is 76.0 Å². The van der Waals surface area contributed by atoms with Crippen LogP contribution in [0.3, 0.4) is 0 Å². The molecule has 0 spiro atoms. The summed E-state index contributed by atoms with van der Waals surface area (Å²) in [6.07, 6.45) is 0.946. The Morgan fingerprint density at radius 2 is 1.62 bits per heavy atom. The van der Waals surface area contributed by atoms with Gasteiger partial charge in [0, 0.05) is 6.42 Å². The number of hydrogen-bond donors (Lipinski definition) is 0. The van der Waals surface area contributed by atoms with Gasteiger partial charge in [0.1, 0.15) is 0 Å². The number of thiazole rings is 2. The highest BCUT2D eigenvalue weighted by Gasteiger charge is 2.24. The Kier molecular flexibility index (Phi) is 4.16. The number of benzene rings is 2. The second-order valence-corrected chi connectivity index (χ2v) is 10.6. The minimum atomic E-state index is 0.0406. The van der Waals surface area contributed by atoms with Crippen molar-refractivity contribution in [3.8, 4) is 0 Å². The molecule has 0 unspecified atom stereocenters. The summed E-state index contributed by atoms with van der Waals surface area (Å²) < 4.78 is 2.54. The molecule has 0 amide bonds. The van der Waals surface area contributed by atoms with Gasteiger partial charge in [0.2, 0.25) is 0 Å². The lowest BCUT2D eigenvalue weighted by molar-refractivity contribution is 0.522. The van der Waals surface area contributed by atoms with Crippen LogP contribution >= 0.6 is 22.7 Å². The zero-order chi connectivity index (χ0) is 18.5. The van der Waals surface area contributed by atoms with E-state index >= 15 is 0 Å². The van der Waals surface area contributed by atoms with Crippen molar-refractivity contribution in [3.05, 3.63) is 58.0 Å². The molecule has 0 saturated carbocycles. The molecular weight excluding hydrogens is 356 g/mol. The van der Waals surface area contributed by atoms with Crippen LogP contribution < -0.4 is 0 Å². The van der Waals surface area contributed by atoms with Crippen molar-refractivity contribution in [1.29, 1.82) is 0 Å². The highest BCUT2D eigenvalue weighted by molar-refractivity contribution is 7.18. The molecule has 0 saturated heterocycles. The van der Waals surface area contributed by atoms with Gasteiger partial charge in [-0.15, -0.1) is 22.7 Å². The fourth-order valence-corrected chi connectivity index (χ4v) is 5.17. The third-order valence-electron chi connectivity index (χ3n) is 5.00. The largest absolute Gasteiger partial charge is 0.245 e. The Bertz CT molecular complexity index is 1080. The van der Waals surface area contributed by atoms with Crippen molar-refractivity contribution in [1.82, 2.24) is 9.97 Å². The van der Waals surface area contributed by atoms with Crippen molar-refractivity contribution < 1.29 is 0 Å². The van der Waals surface area contributed by atoms with Crippen LogP contribution in [-0.2, 0) is 17.3 Å². The second kappa shape index (κ2) is 6.14. The maximum Gasteiger partial charge on any atom is 0.0947 e. The molecule has 4 rings (SSSR count). The summed E-state index contributed by atoms with van der Waals surface area (Å²) in [4.78, 5) is 9.35. The smallest absolute Gasteiger partial charge is 0.0947 e. The molecular formula is C22H24N2S2. The monoisotopic (exact) mass is 380 g/mol. The van der Waals surface area contributed by atoms with E-state index in [9.17, 15) is 0 Å². The fourth-order valence-electron chi connectivity index (χ4n) is 3.27. The molecule has 0 N–H and O–H groups in total. The third-order valence-corrected chi connectivity index (χ3v) is 6.83. The molecule has 26 heavy (non-hydrogen) atoms. The van der Waals surface area contributed by atoms with E-state index in [-0.39, 0.29) is 10.8 Å². The molecule has 2 aromatic heterocycles. The molecule has 0 aliphatic rings. The average Bonchev–Trinajstić information content (AvgIpc) is 3.17. The molecule has 4 heteroatoms. The van der Waals surface area contributed by atoms with E-state index in [4.69, 9.17) is 4.98 Å². The van der Waals surface area contributed by atoms with E-state index in [1.807, 2.05) is 16.8 Å².